The number of unbranched alkanes of at least 4 members (excludes halogenated alkanes) is 1. The first-order valence-electron chi connectivity index (χ1n) is 16.5. The lowest BCUT2D eigenvalue weighted by Crippen LogP contribution is -2.15. The molecular formula is C41H36N4O6S. The third-order valence-corrected chi connectivity index (χ3v) is 10.4. The van der Waals surface area contributed by atoms with Crippen molar-refractivity contribution in [2.75, 3.05) is 17.7 Å². The van der Waals surface area contributed by atoms with Gasteiger partial charge in [0, 0.05) is 41.0 Å². The molecule has 262 valence electrons. The summed E-state index contributed by atoms with van der Waals surface area (Å²) in [5.74, 6) is -0.640. The van der Waals surface area contributed by atoms with E-state index in [1.165, 1.54) is 43.6 Å². The maximum Gasteiger partial charge on any atom is 0.255 e. The predicted molar refractivity (Wildman–Crippen MR) is 202 cm³/mol. The summed E-state index contributed by atoms with van der Waals surface area (Å²) in [7, 11) is -2.62. The van der Waals surface area contributed by atoms with Crippen LogP contribution in [0.1, 0.15) is 44.7 Å². The van der Waals surface area contributed by atoms with Crippen molar-refractivity contribution in [1.82, 2.24) is 4.98 Å². The monoisotopic (exact) mass is 712 g/mol. The predicted octanol–water partition coefficient (Wildman–Crippen LogP) is 7.67. The van der Waals surface area contributed by atoms with Gasteiger partial charge in [-0.3, -0.25) is 14.6 Å². The first-order valence-corrected chi connectivity index (χ1v) is 18.0. The lowest BCUT2D eigenvalue weighted by atomic mass is 10.0. The van der Waals surface area contributed by atoms with Crippen molar-refractivity contribution in [3.8, 4) is 16.9 Å². The Hall–Kier alpha value is -6.33. The second-order valence-electron chi connectivity index (χ2n) is 12.2. The van der Waals surface area contributed by atoms with E-state index in [-0.39, 0.29) is 20.9 Å². The summed E-state index contributed by atoms with van der Waals surface area (Å²) < 4.78 is 33.6. The summed E-state index contributed by atoms with van der Waals surface area (Å²) in [4.78, 5) is 40.9. The van der Waals surface area contributed by atoms with E-state index >= 15 is 0 Å². The van der Waals surface area contributed by atoms with Crippen molar-refractivity contribution in [2.24, 2.45) is 5.73 Å². The minimum atomic E-state index is -4.16. The zero-order chi connectivity index (χ0) is 36.8. The lowest BCUT2D eigenvalue weighted by Gasteiger charge is -2.16. The smallest absolute Gasteiger partial charge is 0.255 e. The van der Waals surface area contributed by atoms with Gasteiger partial charge in [-0.1, -0.05) is 48.5 Å². The molecule has 0 saturated heterocycles. The fourth-order valence-electron chi connectivity index (χ4n) is 5.94. The van der Waals surface area contributed by atoms with Crippen LogP contribution in [0.15, 0.2) is 125 Å². The summed E-state index contributed by atoms with van der Waals surface area (Å²) >= 11 is 0. The van der Waals surface area contributed by atoms with Gasteiger partial charge in [0.25, 0.3) is 11.8 Å². The molecule has 0 aliphatic carbocycles. The van der Waals surface area contributed by atoms with Crippen LogP contribution in [0.5, 0.6) is 5.75 Å². The van der Waals surface area contributed by atoms with Crippen molar-refractivity contribution < 1.29 is 27.5 Å². The van der Waals surface area contributed by atoms with Gasteiger partial charge in [0.2, 0.25) is 9.84 Å². The number of primary amides is 1. The SMILES string of the molecule is COc1cccc(Nc2c(C(N)=O)cnc3c(C)cc(S(=O)(=O)c4cccc(C(=O)Nc5cccc(-c6ccc(CCCC=O)cc6)c5)c4)cc23)c1. The van der Waals surface area contributed by atoms with Gasteiger partial charge in [-0.15, -0.1) is 0 Å². The average Bonchev–Trinajstić information content (AvgIpc) is 3.15. The number of nitrogens with zero attached hydrogens (tertiary/aromatic N) is 1. The van der Waals surface area contributed by atoms with E-state index in [1.54, 1.807) is 43.3 Å². The number of aryl methyl sites for hydroxylation is 2. The Bertz CT molecular complexity index is 2430. The molecule has 0 unspecified atom stereocenters. The van der Waals surface area contributed by atoms with Gasteiger partial charge in [-0.05, 0) is 96.6 Å². The van der Waals surface area contributed by atoms with Gasteiger partial charge in [-0.2, -0.15) is 0 Å². The quantitative estimate of drug-likeness (QED) is 0.0813. The van der Waals surface area contributed by atoms with Crippen molar-refractivity contribution in [3.63, 3.8) is 0 Å². The fourth-order valence-corrected chi connectivity index (χ4v) is 7.36. The summed E-state index contributed by atoms with van der Waals surface area (Å²) in [5, 5.41) is 6.47. The van der Waals surface area contributed by atoms with Crippen LogP contribution in [-0.2, 0) is 21.1 Å². The number of fused-ring (bicyclic) bond motifs is 1. The Morgan fingerprint density at radius 2 is 1.60 bits per heavy atom. The van der Waals surface area contributed by atoms with Crippen LogP contribution in [0.25, 0.3) is 22.0 Å². The Labute approximate surface area is 301 Å². The second kappa shape index (κ2) is 15.3. The van der Waals surface area contributed by atoms with Crippen molar-refractivity contribution in [1.29, 1.82) is 0 Å². The van der Waals surface area contributed by atoms with Crippen LogP contribution in [0.2, 0.25) is 0 Å². The third kappa shape index (κ3) is 7.69. The molecule has 6 rings (SSSR count). The Morgan fingerprint density at radius 1 is 0.846 bits per heavy atom. The van der Waals surface area contributed by atoms with E-state index in [2.05, 4.69) is 15.6 Å². The molecule has 0 spiro atoms. The average molecular weight is 713 g/mol. The molecule has 5 aromatic carbocycles. The molecule has 0 aliphatic heterocycles. The Morgan fingerprint density at radius 3 is 2.35 bits per heavy atom. The Balaban J connectivity index is 1.29. The van der Waals surface area contributed by atoms with Crippen LogP contribution in [-0.4, -0.2) is 38.6 Å². The molecular weight excluding hydrogens is 677 g/mol. The van der Waals surface area contributed by atoms with Gasteiger partial charge in [0.05, 0.1) is 33.7 Å². The first kappa shape index (κ1) is 35.5. The number of pyridine rings is 1. The maximum atomic E-state index is 14.1. The van der Waals surface area contributed by atoms with Gasteiger partial charge < -0.3 is 25.9 Å². The largest absolute Gasteiger partial charge is 0.497 e. The van der Waals surface area contributed by atoms with Crippen molar-refractivity contribution >= 4 is 55.9 Å². The van der Waals surface area contributed by atoms with Crippen LogP contribution in [0, 0.1) is 6.92 Å². The van der Waals surface area contributed by atoms with E-state index in [0.29, 0.717) is 45.7 Å². The van der Waals surface area contributed by atoms with Crippen LogP contribution in [0.3, 0.4) is 0 Å². The highest BCUT2D eigenvalue weighted by Gasteiger charge is 2.23. The van der Waals surface area contributed by atoms with Crippen LogP contribution >= 0.6 is 0 Å². The number of rotatable bonds is 13. The molecule has 2 amide bonds. The number of nitrogens with one attached hydrogen (secondary N) is 2. The van der Waals surface area contributed by atoms with Crippen molar-refractivity contribution in [2.45, 2.75) is 36.0 Å². The number of hydrogen-bond donors (Lipinski definition) is 3. The summed E-state index contributed by atoms with van der Waals surface area (Å²) in [6.45, 7) is 1.73. The van der Waals surface area contributed by atoms with Gasteiger partial charge in [0.1, 0.15) is 12.0 Å². The molecule has 1 heterocycles. The van der Waals surface area contributed by atoms with E-state index in [4.69, 9.17) is 10.5 Å². The minimum Gasteiger partial charge on any atom is -0.497 e. The number of aldehydes is 1. The van der Waals surface area contributed by atoms with E-state index in [0.717, 1.165) is 35.8 Å². The van der Waals surface area contributed by atoms with Crippen LogP contribution < -0.4 is 21.1 Å². The summed E-state index contributed by atoms with van der Waals surface area (Å²) in [6, 6.07) is 31.3. The molecule has 0 fully saturated rings. The molecule has 52 heavy (non-hydrogen) atoms. The molecule has 0 radical (unpaired) electrons. The molecule has 0 bridgehead atoms. The number of methoxy groups -OCH3 is 1. The summed E-state index contributed by atoms with van der Waals surface area (Å²) in [6.07, 6.45) is 4.44. The van der Waals surface area contributed by atoms with Gasteiger partial charge >= 0.3 is 0 Å². The molecule has 4 N–H and O–H groups in total. The number of sulfone groups is 1. The highest BCUT2D eigenvalue weighted by Crippen LogP contribution is 2.35. The van der Waals surface area contributed by atoms with E-state index in [1.807, 2.05) is 42.5 Å². The number of carbonyl (C=O) groups is 3. The second-order valence-corrected chi connectivity index (χ2v) is 14.2. The topological polar surface area (TPSA) is 158 Å². The normalized spacial score (nSPS) is 11.2. The highest BCUT2D eigenvalue weighted by atomic mass is 32.2. The fraction of sp³-hybridized carbons (Fsp3) is 0.122. The highest BCUT2D eigenvalue weighted by molar-refractivity contribution is 7.91. The minimum absolute atomic E-state index is 0.0466. The Kier molecular flexibility index (Phi) is 10.4. The van der Waals surface area contributed by atoms with E-state index in [9.17, 15) is 22.8 Å². The molecule has 0 atom stereocenters. The maximum absolute atomic E-state index is 14.1. The molecule has 0 saturated carbocycles. The van der Waals surface area contributed by atoms with E-state index < -0.39 is 21.7 Å². The van der Waals surface area contributed by atoms with Crippen molar-refractivity contribution in [3.05, 3.63) is 138 Å². The molecule has 1 aromatic heterocycles. The van der Waals surface area contributed by atoms with Gasteiger partial charge in [0.15, 0.2) is 0 Å². The zero-order valence-electron chi connectivity index (χ0n) is 28.6. The lowest BCUT2D eigenvalue weighted by molar-refractivity contribution is -0.107. The molecule has 11 heteroatoms. The van der Waals surface area contributed by atoms with Crippen LogP contribution in [0.4, 0.5) is 17.1 Å². The molecule has 10 nitrogen and oxygen atoms in total. The number of benzene rings is 5. The number of anilines is 3. The zero-order valence-corrected chi connectivity index (χ0v) is 29.4. The third-order valence-electron chi connectivity index (χ3n) is 8.65. The number of amides is 2. The number of nitrogens with two attached hydrogens (primary N) is 1. The first-order chi connectivity index (χ1) is 25.1. The standard InChI is InChI=1S/C41H36N4O6S/c1-26-20-35(24-36-38(26)43-25-37(40(42)47)39(36)44-32-12-7-13-33(23-32)51-2)52(49,50)34-14-6-10-30(22-34)41(48)45-31-11-5-9-29(21-31)28-17-15-27(16-18-28)8-3-4-19-46/h5-7,9-25H,3-4,8H2,1-2H3,(H2,42,47)(H,43,44)(H,45,48). The molecule has 0 aliphatic rings. The number of aromatic nitrogens is 1. The number of carbonyl (C=O) groups excluding carboxylic acids is 3. The van der Waals surface area contributed by atoms with Gasteiger partial charge in [-0.25, -0.2) is 8.42 Å². The number of hydrogen-bond acceptors (Lipinski definition) is 8. The summed E-state index contributed by atoms with van der Waals surface area (Å²) in [5.41, 5.74) is 11.4. The number of ether oxygens (including phenoxy) is 1. The molecule has 6 aromatic rings.